The number of ether oxygens (including phenoxy) is 1. The van der Waals surface area contributed by atoms with Crippen molar-refractivity contribution in [3.8, 4) is 0 Å². The first-order chi connectivity index (χ1) is 8.00. The molecule has 1 aromatic rings. The van der Waals surface area contributed by atoms with Gasteiger partial charge in [0.15, 0.2) is 0 Å². The maximum Gasteiger partial charge on any atom is 0.339 e. The first-order valence-electron chi connectivity index (χ1n) is 5.52. The van der Waals surface area contributed by atoms with Crippen LogP contribution in [0.3, 0.4) is 0 Å². The Labute approximate surface area is 102 Å². The minimum atomic E-state index is -0.319. The Kier molecular flexibility index (Phi) is 4.69. The van der Waals surface area contributed by atoms with Crippen LogP contribution in [0.1, 0.15) is 29.8 Å². The fraction of sp³-hybridized carbons (Fsp3) is 0.385. The van der Waals surface area contributed by atoms with Gasteiger partial charge >= 0.3 is 5.97 Å². The van der Waals surface area contributed by atoms with Gasteiger partial charge in [0.25, 0.3) is 0 Å². The highest BCUT2D eigenvalue weighted by atomic mass is 16.5. The Balaban J connectivity index is 2.95. The molecule has 0 spiro atoms. The summed E-state index contributed by atoms with van der Waals surface area (Å²) in [5.41, 5.74) is 1.29. The fourth-order valence-electron chi connectivity index (χ4n) is 1.25. The SMILES string of the molecule is CC(C)OC(=O)c1ccccc1/C=N/N(C)C. The van der Waals surface area contributed by atoms with Crippen molar-refractivity contribution < 1.29 is 9.53 Å². The summed E-state index contributed by atoms with van der Waals surface area (Å²) in [4.78, 5) is 11.8. The van der Waals surface area contributed by atoms with E-state index in [4.69, 9.17) is 4.74 Å². The van der Waals surface area contributed by atoms with Gasteiger partial charge in [-0.1, -0.05) is 18.2 Å². The second kappa shape index (κ2) is 6.03. The molecule has 0 aliphatic rings. The smallest absolute Gasteiger partial charge is 0.339 e. The van der Waals surface area contributed by atoms with Crippen LogP contribution in [0, 0.1) is 0 Å². The van der Waals surface area contributed by atoms with Crippen molar-refractivity contribution in [3.05, 3.63) is 35.4 Å². The maximum absolute atomic E-state index is 11.8. The Morgan fingerprint density at radius 2 is 2.00 bits per heavy atom. The van der Waals surface area contributed by atoms with E-state index in [0.717, 1.165) is 5.56 Å². The molecule has 0 unspecified atom stereocenters. The molecule has 4 nitrogen and oxygen atoms in total. The van der Waals surface area contributed by atoms with Crippen molar-refractivity contribution in [1.82, 2.24) is 5.01 Å². The number of hydrogen-bond donors (Lipinski definition) is 0. The van der Waals surface area contributed by atoms with Crippen LogP contribution in [0.2, 0.25) is 0 Å². The molecule has 0 saturated heterocycles. The van der Waals surface area contributed by atoms with Gasteiger partial charge in [-0.05, 0) is 19.9 Å². The highest BCUT2D eigenvalue weighted by Crippen LogP contribution is 2.09. The van der Waals surface area contributed by atoms with Crippen LogP contribution in [-0.2, 0) is 4.74 Å². The molecule has 0 N–H and O–H groups in total. The number of benzene rings is 1. The van der Waals surface area contributed by atoms with Crippen molar-refractivity contribution >= 4 is 12.2 Å². The minimum absolute atomic E-state index is 0.124. The lowest BCUT2D eigenvalue weighted by atomic mass is 10.1. The Morgan fingerprint density at radius 1 is 1.35 bits per heavy atom. The van der Waals surface area contributed by atoms with Crippen LogP contribution in [0.15, 0.2) is 29.4 Å². The molecular formula is C13H18N2O2. The van der Waals surface area contributed by atoms with Crippen molar-refractivity contribution in [2.75, 3.05) is 14.1 Å². The van der Waals surface area contributed by atoms with Crippen LogP contribution in [0.25, 0.3) is 0 Å². The third kappa shape index (κ3) is 4.26. The van der Waals surface area contributed by atoms with E-state index in [1.807, 2.05) is 46.1 Å². The molecule has 0 bridgehead atoms. The Morgan fingerprint density at radius 3 is 2.59 bits per heavy atom. The monoisotopic (exact) mass is 234 g/mol. The highest BCUT2D eigenvalue weighted by Gasteiger charge is 2.12. The summed E-state index contributed by atoms with van der Waals surface area (Å²) >= 11 is 0. The number of hydrazone groups is 1. The van der Waals surface area contributed by atoms with Gasteiger partial charge in [-0.3, -0.25) is 0 Å². The lowest BCUT2D eigenvalue weighted by molar-refractivity contribution is 0.0378. The first-order valence-corrected chi connectivity index (χ1v) is 5.52. The maximum atomic E-state index is 11.8. The zero-order valence-electron chi connectivity index (χ0n) is 10.7. The third-order valence-electron chi connectivity index (χ3n) is 1.95. The molecule has 0 aromatic heterocycles. The third-order valence-corrected chi connectivity index (χ3v) is 1.95. The molecule has 4 heteroatoms. The minimum Gasteiger partial charge on any atom is -0.459 e. The van der Waals surface area contributed by atoms with Crippen LogP contribution in [-0.4, -0.2) is 37.4 Å². The number of esters is 1. The van der Waals surface area contributed by atoms with Gasteiger partial charge in [0.2, 0.25) is 0 Å². The standard InChI is InChI=1S/C13H18N2O2/c1-10(2)17-13(16)12-8-6-5-7-11(12)9-14-15(3)4/h5-10H,1-4H3/b14-9+. The lowest BCUT2D eigenvalue weighted by Crippen LogP contribution is -2.13. The molecule has 92 valence electrons. The molecule has 0 aliphatic carbocycles. The first kappa shape index (κ1) is 13.2. The van der Waals surface area contributed by atoms with Gasteiger partial charge in [-0.15, -0.1) is 0 Å². The van der Waals surface area contributed by atoms with E-state index < -0.39 is 0 Å². The predicted octanol–water partition coefficient (Wildman–Crippen LogP) is 2.15. The number of carbonyl (C=O) groups is 1. The van der Waals surface area contributed by atoms with E-state index in [-0.39, 0.29) is 12.1 Å². The lowest BCUT2D eigenvalue weighted by Gasteiger charge is -2.10. The van der Waals surface area contributed by atoms with Crippen molar-refractivity contribution in [3.63, 3.8) is 0 Å². The summed E-state index contributed by atoms with van der Waals surface area (Å²) in [6.07, 6.45) is 1.53. The predicted molar refractivity (Wildman–Crippen MR) is 68.3 cm³/mol. The number of rotatable bonds is 4. The summed E-state index contributed by atoms with van der Waals surface area (Å²) in [6.45, 7) is 3.66. The molecule has 0 radical (unpaired) electrons. The van der Waals surface area contributed by atoms with E-state index in [9.17, 15) is 4.79 Å². The molecule has 1 rings (SSSR count). The summed E-state index contributed by atoms with van der Waals surface area (Å²) in [5, 5.41) is 5.79. The molecular weight excluding hydrogens is 216 g/mol. The second-order valence-electron chi connectivity index (χ2n) is 4.13. The average Bonchev–Trinajstić information content (AvgIpc) is 2.25. The fourth-order valence-corrected chi connectivity index (χ4v) is 1.25. The van der Waals surface area contributed by atoms with E-state index in [2.05, 4.69) is 5.10 Å². The number of nitrogens with zero attached hydrogens (tertiary/aromatic N) is 2. The second-order valence-corrected chi connectivity index (χ2v) is 4.13. The van der Waals surface area contributed by atoms with Gasteiger partial charge < -0.3 is 9.75 Å². The van der Waals surface area contributed by atoms with Gasteiger partial charge in [0.1, 0.15) is 0 Å². The molecule has 0 atom stereocenters. The molecule has 0 fully saturated rings. The van der Waals surface area contributed by atoms with E-state index in [1.54, 1.807) is 17.3 Å². The van der Waals surface area contributed by atoms with Gasteiger partial charge in [0, 0.05) is 19.7 Å². The zero-order valence-corrected chi connectivity index (χ0v) is 10.7. The van der Waals surface area contributed by atoms with Crippen LogP contribution >= 0.6 is 0 Å². The normalized spacial score (nSPS) is 10.9. The molecule has 0 amide bonds. The van der Waals surface area contributed by atoms with E-state index >= 15 is 0 Å². The summed E-state index contributed by atoms with van der Waals surface area (Å²) < 4.78 is 5.17. The number of hydrogen-bond acceptors (Lipinski definition) is 4. The molecule has 0 heterocycles. The van der Waals surface area contributed by atoms with Crippen molar-refractivity contribution in [2.24, 2.45) is 5.10 Å². The number of carbonyl (C=O) groups excluding carboxylic acids is 1. The summed E-state index contributed by atoms with van der Waals surface area (Å²) in [5.74, 6) is -0.319. The van der Waals surface area contributed by atoms with Crippen molar-refractivity contribution in [1.29, 1.82) is 0 Å². The van der Waals surface area contributed by atoms with Crippen molar-refractivity contribution in [2.45, 2.75) is 20.0 Å². The van der Waals surface area contributed by atoms with Gasteiger partial charge in [-0.25, -0.2) is 4.79 Å². The zero-order chi connectivity index (χ0) is 12.8. The van der Waals surface area contributed by atoms with E-state index in [1.165, 1.54) is 0 Å². The van der Waals surface area contributed by atoms with Crippen LogP contribution in [0.5, 0.6) is 0 Å². The van der Waals surface area contributed by atoms with Gasteiger partial charge in [-0.2, -0.15) is 5.10 Å². The topological polar surface area (TPSA) is 41.9 Å². The highest BCUT2D eigenvalue weighted by molar-refractivity contribution is 5.99. The largest absolute Gasteiger partial charge is 0.459 e. The Hall–Kier alpha value is -1.84. The van der Waals surface area contributed by atoms with E-state index in [0.29, 0.717) is 5.56 Å². The quantitative estimate of drug-likeness (QED) is 0.455. The molecule has 0 aliphatic heterocycles. The molecule has 1 aromatic carbocycles. The molecule has 0 saturated carbocycles. The van der Waals surface area contributed by atoms with Gasteiger partial charge in [0.05, 0.1) is 17.9 Å². The van der Waals surface area contributed by atoms with Crippen LogP contribution in [0.4, 0.5) is 0 Å². The Bertz CT molecular complexity index is 412. The summed E-state index contributed by atoms with van der Waals surface area (Å²) in [7, 11) is 3.65. The average molecular weight is 234 g/mol. The summed E-state index contributed by atoms with van der Waals surface area (Å²) in [6, 6.07) is 7.25. The molecule has 17 heavy (non-hydrogen) atoms. The van der Waals surface area contributed by atoms with Crippen LogP contribution < -0.4 is 0 Å².